The highest BCUT2D eigenvalue weighted by molar-refractivity contribution is 5.76. The fourth-order valence-corrected chi connectivity index (χ4v) is 2.91. The van der Waals surface area contributed by atoms with E-state index >= 15 is 0 Å². The Bertz CT molecular complexity index is 710. The fourth-order valence-electron chi connectivity index (χ4n) is 2.91. The molecule has 1 saturated heterocycles. The van der Waals surface area contributed by atoms with Gasteiger partial charge in [-0.15, -0.1) is 0 Å². The second-order valence-corrected chi connectivity index (χ2v) is 6.01. The van der Waals surface area contributed by atoms with Crippen molar-refractivity contribution < 1.29 is 9.53 Å². The summed E-state index contributed by atoms with van der Waals surface area (Å²) in [4.78, 5) is 18.6. The van der Waals surface area contributed by atoms with Gasteiger partial charge >= 0.3 is 0 Å². The maximum absolute atomic E-state index is 12.6. The van der Waals surface area contributed by atoms with Gasteiger partial charge in [-0.3, -0.25) is 14.5 Å². The highest BCUT2D eigenvalue weighted by atomic mass is 16.5. The maximum atomic E-state index is 12.6. The summed E-state index contributed by atoms with van der Waals surface area (Å²) in [5, 5.41) is 4.36. The van der Waals surface area contributed by atoms with Crippen LogP contribution in [0.25, 0.3) is 0 Å². The second-order valence-electron chi connectivity index (χ2n) is 6.01. The van der Waals surface area contributed by atoms with Crippen LogP contribution in [0.1, 0.15) is 28.7 Å². The van der Waals surface area contributed by atoms with Crippen LogP contribution in [0.2, 0.25) is 0 Å². The molecule has 0 radical (unpaired) electrons. The van der Waals surface area contributed by atoms with Crippen LogP contribution in [0.15, 0.2) is 24.4 Å². The van der Waals surface area contributed by atoms with Crippen LogP contribution < -0.4 is 0 Å². The van der Waals surface area contributed by atoms with E-state index in [2.05, 4.69) is 10.1 Å². The molecule has 0 bridgehead atoms. The molecule has 0 aliphatic carbocycles. The largest absolute Gasteiger partial charge is 0.370 e. The van der Waals surface area contributed by atoms with Gasteiger partial charge in [0.05, 0.1) is 18.8 Å². The molecule has 1 aliphatic rings. The van der Waals surface area contributed by atoms with Crippen molar-refractivity contribution in [2.24, 2.45) is 0 Å². The summed E-state index contributed by atoms with van der Waals surface area (Å²) in [6.45, 7) is 7.88. The summed E-state index contributed by atoms with van der Waals surface area (Å²) in [7, 11) is 0. The number of hydrogen-bond acceptors (Lipinski definition) is 4. The smallest absolute Gasteiger partial charge is 0.244 e. The molecule has 122 valence electrons. The molecule has 2 aromatic rings. The highest BCUT2D eigenvalue weighted by Gasteiger charge is 2.26. The number of rotatable bonds is 3. The zero-order valence-electron chi connectivity index (χ0n) is 13.8. The molecule has 1 atom stereocenters. The Morgan fingerprint density at radius 3 is 2.83 bits per heavy atom. The Morgan fingerprint density at radius 1 is 1.30 bits per heavy atom. The molecule has 0 aromatic carbocycles. The molecule has 23 heavy (non-hydrogen) atoms. The first-order chi connectivity index (χ1) is 11.0. The zero-order chi connectivity index (χ0) is 16.4. The Morgan fingerprint density at radius 2 is 2.13 bits per heavy atom. The van der Waals surface area contributed by atoms with Gasteiger partial charge in [-0.2, -0.15) is 5.10 Å². The number of aromatic nitrogens is 3. The van der Waals surface area contributed by atoms with Gasteiger partial charge in [0.2, 0.25) is 5.91 Å². The summed E-state index contributed by atoms with van der Waals surface area (Å²) >= 11 is 0. The molecule has 1 fully saturated rings. The van der Waals surface area contributed by atoms with Crippen LogP contribution in [0.3, 0.4) is 0 Å². The molecule has 0 spiro atoms. The van der Waals surface area contributed by atoms with Crippen LogP contribution in [0, 0.1) is 20.8 Å². The van der Waals surface area contributed by atoms with Crippen LogP contribution in [0.4, 0.5) is 0 Å². The number of pyridine rings is 1. The van der Waals surface area contributed by atoms with Crippen molar-refractivity contribution in [2.75, 3.05) is 19.7 Å². The van der Waals surface area contributed by atoms with Gasteiger partial charge in [0.25, 0.3) is 0 Å². The highest BCUT2D eigenvalue weighted by Crippen LogP contribution is 2.22. The van der Waals surface area contributed by atoms with E-state index in [0.717, 1.165) is 22.6 Å². The fraction of sp³-hybridized carbons (Fsp3) is 0.471. The van der Waals surface area contributed by atoms with Crippen molar-refractivity contribution >= 4 is 5.91 Å². The number of ether oxygens (including phenoxy) is 1. The Hall–Kier alpha value is -2.21. The lowest BCUT2D eigenvalue weighted by Crippen LogP contribution is -2.43. The standard InChI is InChI=1S/C17H22N4O2/c1-12-9-15(4-5-18-12)16-10-20(6-7-23-16)17(22)11-21-14(3)8-13(2)19-21/h4-5,8-9,16H,6-7,10-11H2,1-3H3. The van der Waals surface area contributed by atoms with Gasteiger partial charge in [-0.25, -0.2) is 0 Å². The Labute approximate surface area is 136 Å². The molecule has 3 heterocycles. The molecule has 1 unspecified atom stereocenters. The summed E-state index contributed by atoms with van der Waals surface area (Å²) in [5.74, 6) is 0.0790. The van der Waals surface area contributed by atoms with Gasteiger partial charge in [-0.05, 0) is 44.5 Å². The van der Waals surface area contributed by atoms with Gasteiger partial charge in [-0.1, -0.05) is 0 Å². The number of carbonyl (C=O) groups excluding carboxylic acids is 1. The van der Waals surface area contributed by atoms with E-state index in [1.807, 2.05) is 43.9 Å². The van der Waals surface area contributed by atoms with E-state index in [9.17, 15) is 4.79 Å². The van der Waals surface area contributed by atoms with Crippen molar-refractivity contribution in [3.63, 3.8) is 0 Å². The van der Waals surface area contributed by atoms with Gasteiger partial charge < -0.3 is 9.64 Å². The monoisotopic (exact) mass is 314 g/mol. The SMILES string of the molecule is Cc1cc(C2CN(C(=O)Cn3nc(C)cc3C)CCO2)ccn1. The predicted molar refractivity (Wildman–Crippen MR) is 85.9 cm³/mol. The maximum Gasteiger partial charge on any atom is 0.244 e. The normalized spacial score (nSPS) is 18.2. The van der Waals surface area contributed by atoms with Crippen LogP contribution >= 0.6 is 0 Å². The third-order valence-corrected chi connectivity index (χ3v) is 4.10. The van der Waals surface area contributed by atoms with E-state index in [0.29, 0.717) is 19.7 Å². The van der Waals surface area contributed by atoms with Gasteiger partial charge in [0, 0.05) is 24.1 Å². The third kappa shape index (κ3) is 3.59. The third-order valence-electron chi connectivity index (χ3n) is 4.10. The Balaban J connectivity index is 1.68. The van der Waals surface area contributed by atoms with E-state index in [1.54, 1.807) is 10.9 Å². The Kier molecular flexibility index (Phi) is 4.43. The van der Waals surface area contributed by atoms with E-state index < -0.39 is 0 Å². The van der Waals surface area contributed by atoms with Crippen molar-refractivity contribution in [2.45, 2.75) is 33.4 Å². The minimum Gasteiger partial charge on any atom is -0.370 e. The van der Waals surface area contributed by atoms with Crippen LogP contribution in [-0.2, 0) is 16.1 Å². The molecular formula is C17H22N4O2. The van der Waals surface area contributed by atoms with Crippen molar-refractivity contribution in [1.82, 2.24) is 19.7 Å². The number of carbonyl (C=O) groups is 1. The average Bonchev–Trinajstić information content (AvgIpc) is 2.85. The predicted octanol–water partition coefficient (Wildman–Crippen LogP) is 1.80. The first-order valence-electron chi connectivity index (χ1n) is 7.86. The number of morpholine rings is 1. The lowest BCUT2D eigenvalue weighted by Gasteiger charge is -2.33. The molecule has 0 saturated carbocycles. The van der Waals surface area contributed by atoms with E-state index in [-0.39, 0.29) is 18.6 Å². The average molecular weight is 314 g/mol. The van der Waals surface area contributed by atoms with Crippen LogP contribution in [-0.4, -0.2) is 45.3 Å². The van der Waals surface area contributed by atoms with Crippen molar-refractivity contribution in [3.05, 3.63) is 47.0 Å². The molecule has 2 aromatic heterocycles. The lowest BCUT2D eigenvalue weighted by molar-refractivity contribution is -0.139. The molecule has 1 aliphatic heterocycles. The molecule has 1 amide bonds. The van der Waals surface area contributed by atoms with E-state index in [4.69, 9.17) is 4.74 Å². The summed E-state index contributed by atoms with van der Waals surface area (Å²) < 4.78 is 7.60. The topological polar surface area (TPSA) is 60.2 Å². The van der Waals surface area contributed by atoms with Crippen molar-refractivity contribution in [1.29, 1.82) is 0 Å². The molecular weight excluding hydrogens is 292 g/mol. The molecule has 6 heteroatoms. The molecule has 0 N–H and O–H groups in total. The van der Waals surface area contributed by atoms with Gasteiger partial charge in [0.1, 0.15) is 12.6 Å². The molecule has 6 nitrogen and oxygen atoms in total. The lowest BCUT2D eigenvalue weighted by atomic mass is 10.1. The summed E-state index contributed by atoms with van der Waals surface area (Å²) in [6.07, 6.45) is 1.69. The minimum atomic E-state index is -0.0881. The first kappa shape index (κ1) is 15.7. The number of amides is 1. The second kappa shape index (κ2) is 6.50. The minimum absolute atomic E-state index is 0.0790. The van der Waals surface area contributed by atoms with E-state index in [1.165, 1.54) is 0 Å². The van der Waals surface area contributed by atoms with Crippen LogP contribution in [0.5, 0.6) is 0 Å². The zero-order valence-corrected chi connectivity index (χ0v) is 13.8. The quantitative estimate of drug-likeness (QED) is 0.867. The summed E-state index contributed by atoms with van der Waals surface area (Å²) in [6, 6.07) is 5.95. The molecule has 3 rings (SSSR count). The number of aryl methyl sites for hydroxylation is 3. The number of nitrogens with zero attached hydrogens (tertiary/aromatic N) is 4. The van der Waals surface area contributed by atoms with Crippen molar-refractivity contribution in [3.8, 4) is 0 Å². The summed E-state index contributed by atoms with van der Waals surface area (Å²) in [5.41, 5.74) is 3.96. The first-order valence-corrected chi connectivity index (χ1v) is 7.86. The number of hydrogen-bond donors (Lipinski definition) is 0. The van der Waals surface area contributed by atoms with Gasteiger partial charge in [0.15, 0.2) is 0 Å².